The summed E-state index contributed by atoms with van der Waals surface area (Å²) >= 11 is 0. The van der Waals surface area contributed by atoms with Gasteiger partial charge in [0.2, 0.25) is 0 Å². The van der Waals surface area contributed by atoms with Crippen LogP contribution in [-0.2, 0) is 0 Å². The lowest BCUT2D eigenvalue weighted by Gasteiger charge is -2.01. The van der Waals surface area contributed by atoms with Crippen LogP contribution in [0.5, 0.6) is 0 Å². The Balaban J connectivity index is 3.12. The first kappa shape index (κ1) is 8.26. The number of hydrogen-bond donors (Lipinski definition) is 1. The number of rotatable bonds is 2. The van der Waals surface area contributed by atoms with E-state index in [0.717, 1.165) is 6.07 Å². The van der Waals surface area contributed by atoms with Gasteiger partial charge in [-0.15, -0.1) is 0 Å². The molecular formula is C8H5O4-. The molecule has 62 valence electrons. The monoisotopic (exact) mass is 165 g/mol. The standard InChI is InChI=1S/C8H6O4/c9-7(10)5-2-1-3-6(4-5)8(11)12/h1-4H,(H,9,10)(H,11,12)/p-1. The summed E-state index contributed by atoms with van der Waals surface area (Å²) in [6, 6.07) is 5.00. The number of carbonyl (C=O) groups is 2. The second-order valence-corrected chi connectivity index (χ2v) is 2.17. The van der Waals surface area contributed by atoms with Crippen molar-refractivity contribution in [3.05, 3.63) is 35.4 Å². The molecule has 0 aliphatic rings. The van der Waals surface area contributed by atoms with E-state index in [-0.39, 0.29) is 11.1 Å². The minimum Gasteiger partial charge on any atom is -0.545 e. The third kappa shape index (κ3) is 1.60. The second kappa shape index (κ2) is 3.04. The van der Waals surface area contributed by atoms with E-state index in [0.29, 0.717) is 0 Å². The highest BCUT2D eigenvalue weighted by Crippen LogP contribution is 2.03. The SMILES string of the molecule is O=C([O-])c1cccc(C(=O)O)c1. The molecule has 0 heterocycles. The van der Waals surface area contributed by atoms with Crippen molar-refractivity contribution >= 4 is 11.9 Å². The van der Waals surface area contributed by atoms with Crippen LogP contribution in [-0.4, -0.2) is 17.0 Å². The number of carbonyl (C=O) groups excluding carboxylic acids is 1. The molecule has 0 spiro atoms. The Bertz CT molecular complexity index is 300. The Morgan fingerprint density at radius 3 is 2.33 bits per heavy atom. The summed E-state index contributed by atoms with van der Waals surface area (Å²) in [7, 11) is 0. The average Bonchev–Trinajstić information content (AvgIpc) is 2.04. The lowest BCUT2D eigenvalue weighted by atomic mass is 10.1. The van der Waals surface area contributed by atoms with Crippen molar-refractivity contribution in [2.75, 3.05) is 0 Å². The molecule has 1 aromatic rings. The quantitative estimate of drug-likeness (QED) is 0.655. The van der Waals surface area contributed by atoms with E-state index in [1.807, 2.05) is 0 Å². The summed E-state index contributed by atoms with van der Waals surface area (Å²) in [5.74, 6) is -2.53. The number of carboxylic acids is 2. The third-order valence-corrected chi connectivity index (χ3v) is 1.35. The normalized spacial score (nSPS) is 9.33. The molecule has 4 heteroatoms. The van der Waals surface area contributed by atoms with Gasteiger partial charge in [0.25, 0.3) is 0 Å². The first-order chi connectivity index (χ1) is 5.61. The van der Waals surface area contributed by atoms with Crippen LogP contribution in [0.1, 0.15) is 20.7 Å². The van der Waals surface area contributed by atoms with Gasteiger partial charge in [-0.3, -0.25) is 0 Å². The predicted molar refractivity (Wildman–Crippen MR) is 37.7 cm³/mol. The van der Waals surface area contributed by atoms with E-state index in [1.165, 1.54) is 18.2 Å². The van der Waals surface area contributed by atoms with Crippen molar-refractivity contribution in [2.45, 2.75) is 0 Å². The average molecular weight is 165 g/mol. The summed E-state index contributed by atoms with van der Waals surface area (Å²) in [6.07, 6.45) is 0. The molecule has 0 saturated heterocycles. The van der Waals surface area contributed by atoms with Gasteiger partial charge in [-0.2, -0.15) is 0 Å². The molecule has 0 saturated carbocycles. The number of hydrogen-bond acceptors (Lipinski definition) is 3. The third-order valence-electron chi connectivity index (χ3n) is 1.35. The zero-order valence-electron chi connectivity index (χ0n) is 5.98. The maximum atomic E-state index is 10.4. The maximum Gasteiger partial charge on any atom is 0.335 e. The van der Waals surface area contributed by atoms with Crippen LogP contribution in [0.15, 0.2) is 24.3 Å². The van der Waals surface area contributed by atoms with Crippen LogP contribution in [0.2, 0.25) is 0 Å². The summed E-state index contributed by atoms with van der Waals surface area (Å²) in [5.41, 5.74) is -0.188. The van der Waals surface area contributed by atoms with E-state index >= 15 is 0 Å². The van der Waals surface area contributed by atoms with E-state index in [9.17, 15) is 14.7 Å². The summed E-state index contributed by atoms with van der Waals surface area (Å²) in [5, 5.41) is 18.7. The molecule has 0 aromatic heterocycles. The highest BCUT2D eigenvalue weighted by atomic mass is 16.4. The zero-order valence-corrected chi connectivity index (χ0v) is 5.98. The Hall–Kier alpha value is -1.84. The fourth-order valence-electron chi connectivity index (χ4n) is 0.779. The molecule has 0 bridgehead atoms. The molecule has 0 unspecified atom stereocenters. The van der Waals surface area contributed by atoms with Gasteiger partial charge >= 0.3 is 5.97 Å². The lowest BCUT2D eigenvalue weighted by molar-refractivity contribution is -0.255. The first-order valence-corrected chi connectivity index (χ1v) is 3.16. The van der Waals surface area contributed by atoms with Crippen molar-refractivity contribution in [2.24, 2.45) is 0 Å². The molecule has 0 radical (unpaired) electrons. The van der Waals surface area contributed by atoms with Crippen LogP contribution in [0, 0.1) is 0 Å². The highest BCUT2D eigenvalue weighted by molar-refractivity contribution is 5.92. The Kier molecular flexibility index (Phi) is 2.09. The van der Waals surface area contributed by atoms with Crippen molar-refractivity contribution in [3.63, 3.8) is 0 Å². The maximum absolute atomic E-state index is 10.4. The van der Waals surface area contributed by atoms with Gasteiger partial charge in [0.05, 0.1) is 11.5 Å². The molecule has 1 rings (SSSR count). The number of carboxylic acid groups (broad SMARTS) is 2. The smallest absolute Gasteiger partial charge is 0.335 e. The molecule has 0 fully saturated rings. The molecule has 4 nitrogen and oxygen atoms in total. The van der Waals surface area contributed by atoms with Crippen LogP contribution >= 0.6 is 0 Å². The summed E-state index contributed by atoms with van der Waals surface area (Å²) in [6.45, 7) is 0. The van der Waals surface area contributed by atoms with Gasteiger partial charge in [0, 0.05) is 0 Å². The molecule has 12 heavy (non-hydrogen) atoms. The Morgan fingerprint density at radius 1 is 1.25 bits per heavy atom. The molecule has 0 aliphatic heterocycles. The molecule has 1 aromatic carbocycles. The van der Waals surface area contributed by atoms with Crippen LogP contribution in [0.4, 0.5) is 0 Å². The van der Waals surface area contributed by atoms with E-state index in [2.05, 4.69) is 0 Å². The molecule has 0 atom stereocenters. The minimum atomic E-state index is -1.38. The van der Waals surface area contributed by atoms with Crippen molar-refractivity contribution < 1.29 is 19.8 Å². The van der Waals surface area contributed by atoms with E-state index < -0.39 is 11.9 Å². The Morgan fingerprint density at radius 2 is 1.83 bits per heavy atom. The second-order valence-electron chi connectivity index (χ2n) is 2.17. The lowest BCUT2D eigenvalue weighted by Crippen LogP contribution is -2.22. The van der Waals surface area contributed by atoms with Crippen LogP contribution < -0.4 is 5.11 Å². The van der Waals surface area contributed by atoms with Crippen LogP contribution in [0.3, 0.4) is 0 Å². The largest absolute Gasteiger partial charge is 0.545 e. The molecular weight excluding hydrogens is 160 g/mol. The van der Waals surface area contributed by atoms with Gasteiger partial charge in [-0.1, -0.05) is 12.1 Å². The van der Waals surface area contributed by atoms with Crippen LogP contribution in [0.25, 0.3) is 0 Å². The van der Waals surface area contributed by atoms with Gasteiger partial charge in [0.1, 0.15) is 0 Å². The van der Waals surface area contributed by atoms with Gasteiger partial charge in [0.15, 0.2) is 0 Å². The highest BCUT2D eigenvalue weighted by Gasteiger charge is 2.02. The number of benzene rings is 1. The number of aromatic carboxylic acids is 2. The first-order valence-electron chi connectivity index (χ1n) is 3.16. The summed E-state index contributed by atoms with van der Waals surface area (Å²) in [4.78, 5) is 20.6. The predicted octanol–water partition coefficient (Wildman–Crippen LogP) is -0.252. The molecule has 0 aliphatic carbocycles. The minimum absolute atomic E-state index is 0.0586. The van der Waals surface area contributed by atoms with Crippen molar-refractivity contribution in [1.29, 1.82) is 0 Å². The van der Waals surface area contributed by atoms with Crippen molar-refractivity contribution in [3.8, 4) is 0 Å². The van der Waals surface area contributed by atoms with Gasteiger partial charge in [-0.25, -0.2) is 4.79 Å². The van der Waals surface area contributed by atoms with Gasteiger partial charge in [-0.05, 0) is 17.7 Å². The topological polar surface area (TPSA) is 77.4 Å². The van der Waals surface area contributed by atoms with E-state index in [1.54, 1.807) is 0 Å². The molecule has 0 amide bonds. The van der Waals surface area contributed by atoms with Crippen molar-refractivity contribution in [1.82, 2.24) is 0 Å². The Labute approximate surface area is 68.1 Å². The molecule has 1 N–H and O–H groups in total. The van der Waals surface area contributed by atoms with Gasteiger partial charge < -0.3 is 15.0 Å². The zero-order chi connectivity index (χ0) is 9.14. The summed E-state index contributed by atoms with van der Waals surface area (Å²) < 4.78 is 0. The van der Waals surface area contributed by atoms with E-state index in [4.69, 9.17) is 5.11 Å². The fourth-order valence-corrected chi connectivity index (χ4v) is 0.779. The fraction of sp³-hybridized carbons (Fsp3) is 0.